The van der Waals surface area contributed by atoms with Crippen LogP contribution >= 0.6 is 11.6 Å². The van der Waals surface area contributed by atoms with Crippen LogP contribution in [0.3, 0.4) is 0 Å². The molecule has 0 radical (unpaired) electrons. The SMILES string of the molecule is CC1CN=C(c2ccc(CN3CCN(C(=O)COc4ccc(Cl)cc4)CC3=O)cc2)N1. The average Bonchev–Trinajstić information content (AvgIpc) is 3.21. The van der Waals surface area contributed by atoms with Gasteiger partial charge in [0, 0.05) is 36.3 Å². The van der Waals surface area contributed by atoms with Crippen molar-refractivity contribution in [1.82, 2.24) is 15.1 Å². The van der Waals surface area contributed by atoms with Crippen LogP contribution in [-0.4, -0.2) is 66.3 Å². The number of nitrogens with zero attached hydrogens (tertiary/aromatic N) is 3. The second-order valence-corrected chi connectivity index (χ2v) is 8.24. The molecule has 0 bridgehead atoms. The first kappa shape index (κ1) is 21.2. The van der Waals surface area contributed by atoms with Crippen LogP contribution in [0.1, 0.15) is 18.1 Å². The number of amidine groups is 1. The van der Waals surface area contributed by atoms with Crippen molar-refractivity contribution in [2.45, 2.75) is 19.5 Å². The Morgan fingerprint density at radius 2 is 1.90 bits per heavy atom. The monoisotopic (exact) mass is 440 g/mol. The molecule has 2 aromatic rings. The number of rotatable bonds is 6. The van der Waals surface area contributed by atoms with Gasteiger partial charge in [-0.05, 0) is 36.8 Å². The number of hydrogen-bond donors (Lipinski definition) is 1. The summed E-state index contributed by atoms with van der Waals surface area (Å²) in [7, 11) is 0. The van der Waals surface area contributed by atoms with Gasteiger partial charge < -0.3 is 19.9 Å². The Labute approximate surface area is 186 Å². The molecule has 2 aliphatic rings. The average molecular weight is 441 g/mol. The van der Waals surface area contributed by atoms with Gasteiger partial charge in [0.15, 0.2) is 6.61 Å². The van der Waals surface area contributed by atoms with Crippen LogP contribution in [0.25, 0.3) is 0 Å². The number of hydrogen-bond acceptors (Lipinski definition) is 5. The minimum atomic E-state index is -0.202. The van der Waals surface area contributed by atoms with E-state index in [-0.39, 0.29) is 25.0 Å². The first-order chi connectivity index (χ1) is 15.0. The summed E-state index contributed by atoms with van der Waals surface area (Å²) in [6.45, 7) is 4.37. The standard InChI is InChI=1S/C23H25ClN4O3/c1-16-12-25-23(26-16)18-4-2-17(3-5-18)13-27-10-11-28(14-21(27)29)22(30)15-31-20-8-6-19(24)7-9-20/h2-9,16H,10-15H2,1H3,(H,25,26). The molecular weight excluding hydrogens is 416 g/mol. The lowest BCUT2D eigenvalue weighted by atomic mass is 10.1. The molecule has 8 heteroatoms. The van der Waals surface area contributed by atoms with Crippen molar-refractivity contribution in [1.29, 1.82) is 0 Å². The van der Waals surface area contributed by atoms with Gasteiger partial charge in [0.1, 0.15) is 11.6 Å². The predicted octanol–water partition coefficient (Wildman–Crippen LogP) is 2.33. The van der Waals surface area contributed by atoms with Gasteiger partial charge >= 0.3 is 0 Å². The van der Waals surface area contributed by atoms with Crippen molar-refractivity contribution in [3.8, 4) is 5.75 Å². The van der Waals surface area contributed by atoms with E-state index in [0.717, 1.165) is 23.5 Å². The summed E-state index contributed by atoms with van der Waals surface area (Å²) in [6.07, 6.45) is 0. The Morgan fingerprint density at radius 3 is 2.55 bits per heavy atom. The quantitative estimate of drug-likeness (QED) is 0.748. The Bertz CT molecular complexity index is 975. The molecule has 2 amide bonds. The van der Waals surface area contributed by atoms with E-state index in [0.29, 0.717) is 36.4 Å². The van der Waals surface area contributed by atoms with Crippen LogP contribution < -0.4 is 10.1 Å². The maximum absolute atomic E-state index is 12.6. The number of amides is 2. The number of nitrogens with one attached hydrogen (secondary N) is 1. The fourth-order valence-corrected chi connectivity index (χ4v) is 3.70. The van der Waals surface area contributed by atoms with Crippen molar-refractivity contribution < 1.29 is 14.3 Å². The zero-order valence-electron chi connectivity index (χ0n) is 17.4. The molecule has 2 aromatic carbocycles. The van der Waals surface area contributed by atoms with E-state index in [1.54, 1.807) is 34.1 Å². The molecule has 0 aliphatic carbocycles. The Morgan fingerprint density at radius 1 is 1.16 bits per heavy atom. The van der Waals surface area contributed by atoms with Crippen molar-refractivity contribution in [2.75, 3.05) is 32.8 Å². The number of ether oxygens (including phenoxy) is 1. The van der Waals surface area contributed by atoms with Gasteiger partial charge in [0.25, 0.3) is 5.91 Å². The lowest BCUT2D eigenvalue weighted by molar-refractivity contribution is -0.146. The van der Waals surface area contributed by atoms with E-state index in [9.17, 15) is 9.59 Å². The molecule has 2 aliphatic heterocycles. The van der Waals surface area contributed by atoms with Gasteiger partial charge in [-0.2, -0.15) is 0 Å². The molecule has 1 atom stereocenters. The third-order valence-electron chi connectivity index (χ3n) is 5.35. The highest BCUT2D eigenvalue weighted by Crippen LogP contribution is 2.16. The lowest BCUT2D eigenvalue weighted by Crippen LogP contribution is -2.52. The fourth-order valence-electron chi connectivity index (χ4n) is 3.57. The van der Waals surface area contributed by atoms with Crippen LogP contribution in [0.5, 0.6) is 5.75 Å². The molecule has 1 unspecified atom stereocenters. The number of piperazine rings is 1. The van der Waals surface area contributed by atoms with Crippen LogP contribution in [0.15, 0.2) is 53.5 Å². The smallest absolute Gasteiger partial charge is 0.261 e. The molecule has 0 aromatic heterocycles. The number of carbonyl (C=O) groups is 2. The van der Waals surface area contributed by atoms with Crippen LogP contribution in [0, 0.1) is 0 Å². The Hall–Kier alpha value is -3.06. The van der Waals surface area contributed by atoms with E-state index < -0.39 is 0 Å². The molecule has 162 valence electrons. The summed E-state index contributed by atoms with van der Waals surface area (Å²) in [6, 6.07) is 15.3. The summed E-state index contributed by atoms with van der Waals surface area (Å²) in [5, 5.41) is 3.95. The third-order valence-corrected chi connectivity index (χ3v) is 5.61. The molecule has 2 heterocycles. The molecule has 4 rings (SSSR count). The fraction of sp³-hybridized carbons (Fsp3) is 0.348. The van der Waals surface area contributed by atoms with Crippen molar-refractivity contribution >= 4 is 29.3 Å². The molecule has 0 saturated carbocycles. The molecule has 1 fully saturated rings. The molecule has 0 spiro atoms. The van der Waals surface area contributed by atoms with Crippen LogP contribution in [-0.2, 0) is 16.1 Å². The van der Waals surface area contributed by atoms with Gasteiger partial charge in [-0.3, -0.25) is 14.6 Å². The highest BCUT2D eigenvalue weighted by Gasteiger charge is 2.27. The molecule has 7 nitrogen and oxygen atoms in total. The number of halogens is 1. The Balaban J connectivity index is 1.26. The minimum absolute atomic E-state index is 0.0640. The van der Waals surface area contributed by atoms with Gasteiger partial charge in [-0.15, -0.1) is 0 Å². The van der Waals surface area contributed by atoms with Gasteiger partial charge in [0.05, 0.1) is 13.1 Å². The maximum Gasteiger partial charge on any atom is 0.261 e. The van der Waals surface area contributed by atoms with Gasteiger partial charge in [-0.25, -0.2) is 0 Å². The van der Waals surface area contributed by atoms with E-state index in [4.69, 9.17) is 16.3 Å². The predicted molar refractivity (Wildman–Crippen MR) is 119 cm³/mol. The van der Waals surface area contributed by atoms with Crippen LogP contribution in [0.2, 0.25) is 5.02 Å². The lowest BCUT2D eigenvalue weighted by Gasteiger charge is -2.34. The minimum Gasteiger partial charge on any atom is -0.484 e. The van der Waals surface area contributed by atoms with Crippen molar-refractivity contribution in [3.63, 3.8) is 0 Å². The zero-order valence-corrected chi connectivity index (χ0v) is 18.1. The van der Waals surface area contributed by atoms with E-state index in [2.05, 4.69) is 17.2 Å². The van der Waals surface area contributed by atoms with Crippen molar-refractivity contribution in [2.24, 2.45) is 4.99 Å². The number of aliphatic imine (C=N–C) groups is 1. The number of benzene rings is 2. The summed E-state index contributed by atoms with van der Waals surface area (Å²) in [5.41, 5.74) is 2.10. The Kier molecular flexibility index (Phi) is 6.42. The highest BCUT2D eigenvalue weighted by molar-refractivity contribution is 6.30. The van der Waals surface area contributed by atoms with E-state index in [1.165, 1.54) is 0 Å². The largest absolute Gasteiger partial charge is 0.484 e. The first-order valence-corrected chi connectivity index (χ1v) is 10.7. The summed E-state index contributed by atoms with van der Waals surface area (Å²) in [4.78, 5) is 32.8. The highest BCUT2D eigenvalue weighted by atomic mass is 35.5. The van der Waals surface area contributed by atoms with E-state index in [1.807, 2.05) is 24.3 Å². The number of carbonyl (C=O) groups excluding carboxylic acids is 2. The molecule has 31 heavy (non-hydrogen) atoms. The third kappa shape index (κ3) is 5.35. The second-order valence-electron chi connectivity index (χ2n) is 7.80. The second kappa shape index (κ2) is 9.39. The normalized spacial score (nSPS) is 18.6. The summed E-state index contributed by atoms with van der Waals surface area (Å²) < 4.78 is 5.50. The van der Waals surface area contributed by atoms with E-state index >= 15 is 0 Å². The molecule has 1 N–H and O–H groups in total. The molecular formula is C23H25ClN4O3. The maximum atomic E-state index is 12.6. The van der Waals surface area contributed by atoms with Crippen LogP contribution in [0.4, 0.5) is 0 Å². The molecule has 1 saturated heterocycles. The zero-order chi connectivity index (χ0) is 21.8. The summed E-state index contributed by atoms with van der Waals surface area (Å²) >= 11 is 5.85. The van der Waals surface area contributed by atoms with Crippen molar-refractivity contribution in [3.05, 3.63) is 64.7 Å². The van der Waals surface area contributed by atoms with Gasteiger partial charge in [-0.1, -0.05) is 35.9 Å². The topological polar surface area (TPSA) is 74.2 Å². The first-order valence-electron chi connectivity index (χ1n) is 10.3. The summed E-state index contributed by atoms with van der Waals surface area (Å²) in [5.74, 6) is 1.22. The van der Waals surface area contributed by atoms with Gasteiger partial charge in [0.2, 0.25) is 5.91 Å².